The van der Waals surface area contributed by atoms with Gasteiger partial charge in [0.2, 0.25) is 13.4 Å². The second kappa shape index (κ2) is 15.5. The average Bonchev–Trinajstić information content (AvgIpc) is 4.09. The van der Waals surface area contributed by atoms with Gasteiger partial charge in [0.25, 0.3) is 0 Å². The Kier molecular flexibility index (Phi) is 8.85. The van der Waals surface area contributed by atoms with Crippen molar-refractivity contribution in [3.05, 3.63) is 194 Å². The number of nitrogens with zero attached hydrogens (tertiary/aromatic N) is 4. The van der Waals surface area contributed by atoms with Crippen molar-refractivity contribution in [3.63, 3.8) is 0 Å². The Labute approximate surface area is 448 Å². The van der Waals surface area contributed by atoms with E-state index in [0.29, 0.717) is 0 Å². The summed E-state index contributed by atoms with van der Waals surface area (Å²) in [6, 6.07) is 74.8. The van der Waals surface area contributed by atoms with Gasteiger partial charge in [-0.25, -0.2) is 0 Å². The van der Waals surface area contributed by atoms with E-state index in [1.807, 2.05) is 34.9 Å². The lowest BCUT2D eigenvalue weighted by atomic mass is 9.35. The topological polar surface area (TPSA) is 16.3 Å². The Morgan fingerprint density at radius 2 is 0.773 bits per heavy atom. The van der Waals surface area contributed by atoms with Crippen molar-refractivity contribution >= 4 is 168 Å². The van der Waals surface area contributed by atoms with Crippen LogP contribution in [0.3, 0.4) is 0 Å². The molecule has 4 nitrogen and oxygen atoms in total. The maximum atomic E-state index is 2.61. The predicted octanol–water partition coefficient (Wildman–Crippen LogP) is 13.9. The maximum Gasteiger partial charge on any atom is 0.249 e. The standard InChI is InChI=1S/C66H46B2N4S3/c1-37(2)69(39-17-7-5-8-18-39)41-29-55-63-61(31-41)74-59-35-57-47(33-51(59)67(63)49-25-15-23-45-43-21-11-13-27-53(43)71(55)65(45)49)48-34-52-60(36-58(48)73-57)75-62-32-42(70(38(3)4)40-19-9-6-10-20-40)30-56-64(62)68(52)50-26-16-24-46-44-22-12-14-28-54(44)72(56)66(46)50/h5-38H,1-4H3. The summed E-state index contributed by atoms with van der Waals surface area (Å²) < 4.78 is 7.89. The lowest BCUT2D eigenvalue weighted by Gasteiger charge is -2.36. The van der Waals surface area contributed by atoms with Gasteiger partial charge in [0.1, 0.15) is 0 Å². The minimum Gasteiger partial charge on any atom is -0.339 e. The molecule has 17 rings (SSSR count). The molecule has 0 spiro atoms. The molecule has 0 atom stereocenters. The van der Waals surface area contributed by atoms with Crippen molar-refractivity contribution < 1.29 is 0 Å². The normalized spacial score (nSPS) is 13.7. The summed E-state index contributed by atoms with van der Waals surface area (Å²) in [6.07, 6.45) is 0. The molecule has 9 heteroatoms. The number of thiophene rings is 1. The van der Waals surface area contributed by atoms with Gasteiger partial charge in [0.15, 0.2) is 0 Å². The highest BCUT2D eigenvalue weighted by atomic mass is 32.2. The lowest BCUT2D eigenvalue weighted by Crippen LogP contribution is -2.59. The number of hydrogen-bond donors (Lipinski definition) is 0. The minimum atomic E-state index is 0.0837. The zero-order valence-electron chi connectivity index (χ0n) is 41.8. The fraction of sp³-hybridized carbons (Fsp3) is 0.0909. The molecule has 0 N–H and O–H groups in total. The molecule has 0 unspecified atom stereocenters. The van der Waals surface area contributed by atoms with Crippen molar-refractivity contribution in [3.8, 4) is 11.4 Å². The van der Waals surface area contributed by atoms with Gasteiger partial charge in [0.05, 0.1) is 11.0 Å². The molecular weight excluding hydrogens is 967 g/mol. The molecule has 7 heterocycles. The molecule has 0 amide bonds. The van der Waals surface area contributed by atoms with Crippen LogP contribution in [0.4, 0.5) is 22.7 Å². The summed E-state index contributed by atoms with van der Waals surface area (Å²) in [6.45, 7) is 9.41. The number of benzene rings is 10. The first-order valence-electron chi connectivity index (χ1n) is 26.4. The fourth-order valence-electron chi connectivity index (χ4n) is 14.0. The van der Waals surface area contributed by atoms with Crippen molar-refractivity contribution in [2.75, 3.05) is 9.80 Å². The van der Waals surface area contributed by atoms with Gasteiger partial charge in [-0.1, -0.05) is 156 Å². The van der Waals surface area contributed by atoms with E-state index in [1.54, 1.807) is 0 Å². The molecule has 0 saturated heterocycles. The van der Waals surface area contributed by atoms with Crippen LogP contribution in [0.2, 0.25) is 0 Å². The number of hydrogen-bond acceptors (Lipinski definition) is 5. The summed E-state index contributed by atoms with van der Waals surface area (Å²) >= 11 is 5.90. The van der Waals surface area contributed by atoms with E-state index in [1.165, 1.54) is 150 Å². The van der Waals surface area contributed by atoms with Crippen molar-refractivity contribution in [2.24, 2.45) is 0 Å². The third-order valence-electron chi connectivity index (χ3n) is 16.8. The van der Waals surface area contributed by atoms with Crippen LogP contribution in [0, 0.1) is 0 Å². The van der Waals surface area contributed by atoms with Gasteiger partial charge in [0, 0.05) is 108 Å². The Balaban J connectivity index is 0.898. The predicted molar refractivity (Wildman–Crippen MR) is 326 cm³/mol. The highest BCUT2D eigenvalue weighted by Gasteiger charge is 2.43. The number of aromatic nitrogens is 2. The molecule has 0 radical (unpaired) electrons. The smallest absolute Gasteiger partial charge is 0.249 e. The van der Waals surface area contributed by atoms with Gasteiger partial charge in [-0.2, -0.15) is 0 Å². The van der Waals surface area contributed by atoms with E-state index >= 15 is 0 Å². The minimum absolute atomic E-state index is 0.0837. The third-order valence-corrected chi connectivity index (χ3v) is 20.2. The maximum absolute atomic E-state index is 2.61. The Bertz CT molecular complexity index is 4360. The first-order valence-corrected chi connectivity index (χ1v) is 28.8. The number of fused-ring (bicyclic) bond motifs is 17. The quantitative estimate of drug-likeness (QED) is 0.154. The molecule has 4 aliphatic heterocycles. The van der Waals surface area contributed by atoms with Gasteiger partial charge < -0.3 is 18.9 Å². The summed E-state index contributed by atoms with van der Waals surface area (Å²) in [5.74, 6) is 0. The summed E-state index contributed by atoms with van der Waals surface area (Å²) in [5, 5.41) is 7.97. The van der Waals surface area contributed by atoms with E-state index in [0.717, 1.165) is 0 Å². The van der Waals surface area contributed by atoms with E-state index in [9.17, 15) is 0 Å². The van der Waals surface area contributed by atoms with E-state index in [4.69, 9.17) is 0 Å². The third kappa shape index (κ3) is 5.78. The molecule has 0 aliphatic carbocycles. The van der Waals surface area contributed by atoms with Crippen LogP contribution in [0.5, 0.6) is 0 Å². The number of anilines is 4. The van der Waals surface area contributed by atoms with Crippen molar-refractivity contribution in [1.29, 1.82) is 0 Å². The fourth-order valence-corrected chi connectivity index (χ4v) is 17.7. The molecule has 0 fully saturated rings. The van der Waals surface area contributed by atoms with Crippen LogP contribution in [0.25, 0.3) is 75.2 Å². The van der Waals surface area contributed by atoms with Gasteiger partial charge in [-0.3, -0.25) is 0 Å². The molecule has 4 aliphatic rings. The molecule has 13 aromatic rings. The largest absolute Gasteiger partial charge is 0.339 e. The van der Waals surface area contributed by atoms with Crippen LogP contribution < -0.4 is 42.6 Å². The Hall–Kier alpha value is -7.55. The first-order chi connectivity index (χ1) is 36.9. The van der Waals surface area contributed by atoms with Crippen molar-refractivity contribution in [1.82, 2.24) is 9.13 Å². The zero-order chi connectivity index (χ0) is 49.5. The van der Waals surface area contributed by atoms with Gasteiger partial charge in [-0.05, 0) is 133 Å². The molecule has 354 valence electrons. The average molecular weight is 1010 g/mol. The van der Waals surface area contributed by atoms with Gasteiger partial charge in [-0.15, -0.1) is 11.3 Å². The molecule has 0 saturated carbocycles. The Morgan fingerprint density at radius 3 is 1.21 bits per heavy atom. The molecule has 75 heavy (non-hydrogen) atoms. The number of rotatable bonds is 6. The van der Waals surface area contributed by atoms with Crippen LogP contribution in [-0.4, -0.2) is 34.6 Å². The molecule has 0 bridgehead atoms. The highest BCUT2D eigenvalue weighted by molar-refractivity contribution is 8.00. The number of para-hydroxylation sites is 6. The summed E-state index contributed by atoms with van der Waals surface area (Å²) in [4.78, 5) is 10.4. The first kappa shape index (κ1) is 42.8. The molecular formula is C66H46B2N4S3. The lowest BCUT2D eigenvalue weighted by molar-refractivity contribution is 0.787. The monoisotopic (exact) mass is 1010 g/mol. The summed E-state index contributed by atoms with van der Waals surface area (Å²) in [5.41, 5.74) is 21.1. The highest BCUT2D eigenvalue weighted by Crippen LogP contribution is 2.47. The van der Waals surface area contributed by atoms with E-state index in [-0.39, 0.29) is 25.5 Å². The van der Waals surface area contributed by atoms with Crippen LogP contribution >= 0.6 is 34.9 Å². The van der Waals surface area contributed by atoms with Crippen LogP contribution in [-0.2, 0) is 0 Å². The van der Waals surface area contributed by atoms with E-state index < -0.39 is 0 Å². The summed E-state index contributed by atoms with van der Waals surface area (Å²) in [7, 11) is 0. The second-order valence-electron chi connectivity index (χ2n) is 21.5. The van der Waals surface area contributed by atoms with Crippen LogP contribution in [0.1, 0.15) is 27.7 Å². The second-order valence-corrected chi connectivity index (χ2v) is 24.7. The van der Waals surface area contributed by atoms with Gasteiger partial charge >= 0.3 is 0 Å². The zero-order valence-corrected chi connectivity index (χ0v) is 44.2. The Morgan fingerprint density at radius 1 is 0.360 bits per heavy atom. The molecule has 3 aromatic heterocycles. The van der Waals surface area contributed by atoms with E-state index in [2.05, 4.69) is 241 Å². The SMILES string of the molecule is CC(C)N(c1ccccc1)c1cc2c3c(c1)-n1c4ccccc4c4cccc(c41)B3c1cc3c(cc1S2)sc1cc2c(cc13)B1c3c(cc(N(c4ccccc4)C(C)C)cc3-n3c4ccccc4c4cccc1c43)S2. The van der Waals surface area contributed by atoms with Crippen molar-refractivity contribution in [2.45, 2.75) is 59.4 Å². The van der Waals surface area contributed by atoms with Crippen LogP contribution in [0.15, 0.2) is 214 Å². The molecule has 10 aromatic carbocycles.